The van der Waals surface area contributed by atoms with Gasteiger partial charge in [0, 0.05) is 15.2 Å². The number of amides is 1. The number of benzene rings is 2. The second-order valence-corrected chi connectivity index (χ2v) is 4.83. The first-order valence-electron chi connectivity index (χ1n) is 5.08. The van der Waals surface area contributed by atoms with E-state index in [9.17, 15) is 13.6 Å². The molecule has 0 aliphatic carbocycles. The van der Waals surface area contributed by atoms with E-state index in [2.05, 4.69) is 27.9 Å². The summed E-state index contributed by atoms with van der Waals surface area (Å²) in [6.45, 7) is 0. The van der Waals surface area contributed by atoms with E-state index in [-0.39, 0.29) is 5.69 Å². The summed E-state index contributed by atoms with van der Waals surface area (Å²) < 4.78 is 27.0. The van der Waals surface area contributed by atoms with Crippen molar-refractivity contribution in [1.82, 2.24) is 0 Å². The van der Waals surface area contributed by atoms with Crippen LogP contribution in [0.5, 0.6) is 0 Å². The van der Waals surface area contributed by atoms with Gasteiger partial charge in [-0.2, -0.15) is 0 Å². The lowest BCUT2D eigenvalue weighted by Gasteiger charge is -2.06. The maximum atomic E-state index is 13.3. The third kappa shape index (κ3) is 3.04. The van der Waals surface area contributed by atoms with E-state index in [0.29, 0.717) is 5.56 Å². The van der Waals surface area contributed by atoms with Crippen molar-refractivity contribution < 1.29 is 13.6 Å². The molecule has 1 amide bonds. The van der Waals surface area contributed by atoms with Gasteiger partial charge in [-0.3, -0.25) is 4.79 Å². The van der Waals surface area contributed by atoms with Crippen molar-refractivity contribution in [3.05, 3.63) is 63.2 Å². The van der Waals surface area contributed by atoms with Gasteiger partial charge < -0.3 is 5.32 Å². The number of nitrogens with one attached hydrogen (secondary N) is 1. The van der Waals surface area contributed by atoms with E-state index in [0.717, 1.165) is 15.7 Å². The fourth-order valence-corrected chi connectivity index (χ4v) is 1.75. The first-order valence-corrected chi connectivity index (χ1v) is 6.16. The molecule has 0 spiro atoms. The Labute approximate surface area is 116 Å². The summed E-state index contributed by atoms with van der Waals surface area (Å²) in [6, 6.07) is 9.83. The Hall–Kier alpha value is -1.50. The minimum Gasteiger partial charge on any atom is -0.319 e. The fraction of sp³-hybridized carbons (Fsp3) is 0. The minimum absolute atomic E-state index is 0.0417. The van der Waals surface area contributed by atoms with Crippen LogP contribution in [-0.2, 0) is 0 Å². The topological polar surface area (TPSA) is 29.1 Å². The van der Waals surface area contributed by atoms with Crippen molar-refractivity contribution in [3.8, 4) is 0 Å². The molecular formula is C13H8F2INO. The van der Waals surface area contributed by atoms with E-state index in [1.54, 1.807) is 24.3 Å². The van der Waals surface area contributed by atoms with E-state index in [4.69, 9.17) is 0 Å². The molecule has 0 saturated carbocycles. The number of hydrogen-bond donors (Lipinski definition) is 1. The highest BCUT2D eigenvalue weighted by Crippen LogP contribution is 2.16. The van der Waals surface area contributed by atoms with E-state index in [1.807, 2.05) is 0 Å². The van der Waals surface area contributed by atoms with E-state index in [1.165, 1.54) is 6.07 Å². The van der Waals surface area contributed by atoms with Crippen molar-refractivity contribution in [2.45, 2.75) is 0 Å². The predicted octanol–water partition coefficient (Wildman–Crippen LogP) is 3.82. The summed E-state index contributed by atoms with van der Waals surface area (Å²) in [5, 5.41) is 2.39. The average molecular weight is 359 g/mol. The third-order valence-electron chi connectivity index (χ3n) is 2.29. The van der Waals surface area contributed by atoms with Crippen LogP contribution in [0, 0.1) is 15.2 Å². The summed E-state index contributed by atoms with van der Waals surface area (Å²) in [5.74, 6) is -1.91. The lowest BCUT2D eigenvalue weighted by Crippen LogP contribution is -2.13. The molecule has 0 bridgehead atoms. The number of carbonyl (C=O) groups is 1. The molecule has 0 radical (unpaired) electrons. The number of carbonyl (C=O) groups excluding carboxylic acids is 1. The van der Waals surface area contributed by atoms with Gasteiger partial charge >= 0.3 is 0 Å². The van der Waals surface area contributed by atoms with E-state index < -0.39 is 17.5 Å². The molecule has 1 N–H and O–H groups in total. The molecule has 2 nitrogen and oxygen atoms in total. The zero-order valence-electron chi connectivity index (χ0n) is 9.08. The third-order valence-corrected chi connectivity index (χ3v) is 3.00. The molecule has 0 unspecified atom stereocenters. The second-order valence-electron chi connectivity index (χ2n) is 3.59. The lowest BCUT2D eigenvalue weighted by molar-refractivity contribution is 0.102. The van der Waals surface area contributed by atoms with Crippen LogP contribution in [0.4, 0.5) is 14.5 Å². The SMILES string of the molecule is O=C(Nc1ccc(F)cc1F)c1ccc(I)cc1. The highest BCUT2D eigenvalue weighted by Gasteiger charge is 2.09. The smallest absolute Gasteiger partial charge is 0.255 e. The molecule has 92 valence electrons. The minimum atomic E-state index is -0.797. The standard InChI is InChI=1S/C13H8F2INO/c14-9-3-6-12(11(15)7-9)17-13(18)8-1-4-10(16)5-2-8/h1-7H,(H,17,18). The van der Waals surface area contributed by atoms with Gasteiger partial charge in [-0.1, -0.05) is 0 Å². The van der Waals surface area contributed by atoms with Gasteiger partial charge in [0.15, 0.2) is 0 Å². The van der Waals surface area contributed by atoms with Crippen LogP contribution in [0.2, 0.25) is 0 Å². The zero-order valence-corrected chi connectivity index (χ0v) is 11.2. The molecule has 0 saturated heterocycles. The summed E-state index contributed by atoms with van der Waals surface area (Å²) in [4.78, 5) is 11.8. The van der Waals surface area contributed by atoms with Gasteiger partial charge in [0.1, 0.15) is 11.6 Å². The van der Waals surface area contributed by atoms with Crippen LogP contribution in [0.25, 0.3) is 0 Å². The summed E-state index contributed by atoms with van der Waals surface area (Å²) >= 11 is 2.12. The molecule has 0 fully saturated rings. The molecule has 0 aliphatic rings. The van der Waals surface area contributed by atoms with Crippen molar-refractivity contribution in [3.63, 3.8) is 0 Å². The highest BCUT2D eigenvalue weighted by molar-refractivity contribution is 14.1. The Morgan fingerprint density at radius 3 is 2.33 bits per heavy atom. The predicted molar refractivity (Wildman–Crippen MR) is 73.5 cm³/mol. The van der Waals surface area contributed by atoms with Gasteiger partial charge in [0.2, 0.25) is 0 Å². The van der Waals surface area contributed by atoms with Gasteiger partial charge in [-0.15, -0.1) is 0 Å². The molecule has 0 aliphatic heterocycles. The maximum Gasteiger partial charge on any atom is 0.255 e. The first-order chi connectivity index (χ1) is 8.56. The number of hydrogen-bond acceptors (Lipinski definition) is 1. The number of rotatable bonds is 2. The van der Waals surface area contributed by atoms with Crippen LogP contribution < -0.4 is 5.32 Å². The Kier molecular flexibility index (Phi) is 3.90. The first kappa shape index (κ1) is 12.9. The van der Waals surface area contributed by atoms with Crippen molar-refractivity contribution >= 4 is 34.2 Å². The molecule has 0 heterocycles. The largest absolute Gasteiger partial charge is 0.319 e. The Bertz CT molecular complexity index is 584. The molecular weight excluding hydrogens is 351 g/mol. The monoisotopic (exact) mass is 359 g/mol. The normalized spacial score (nSPS) is 10.2. The Morgan fingerprint density at radius 2 is 1.72 bits per heavy atom. The Morgan fingerprint density at radius 1 is 1.06 bits per heavy atom. The van der Waals surface area contributed by atoms with Gasteiger partial charge in [0.05, 0.1) is 5.69 Å². The van der Waals surface area contributed by atoms with Crippen LogP contribution in [0.3, 0.4) is 0 Å². The molecule has 2 aromatic carbocycles. The number of anilines is 1. The summed E-state index contributed by atoms with van der Waals surface area (Å²) in [6.07, 6.45) is 0. The maximum absolute atomic E-state index is 13.3. The molecule has 18 heavy (non-hydrogen) atoms. The van der Waals surface area contributed by atoms with Crippen LogP contribution >= 0.6 is 22.6 Å². The molecule has 0 atom stereocenters. The van der Waals surface area contributed by atoms with Crippen LogP contribution in [0.1, 0.15) is 10.4 Å². The Balaban J connectivity index is 2.18. The van der Waals surface area contributed by atoms with Crippen molar-refractivity contribution in [2.75, 3.05) is 5.32 Å². The highest BCUT2D eigenvalue weighted by atomic mass is 127. The number of halogens is 3. The second kappa shape index (κ2) is 5.43. The van der Waals surface area contributed by atoms with Gasteiger partial charge in [-0.05, 0) is 59.0 Å². The molecule has 2 aromatic rings. The van der Waals surface area contributed by atoms with E-state index >= 15 is 0 Å². The summed E-state index contributed by atoms with van der Waals surface area (Å²) in [7, 11) is 0. The van der Waals surface area contributed by atoms with Crippen molar-refractivity contribution in [1.29, 1.82) is 0 Å². The quantitative estimate of drug-likeness (QED) is 0.812. The summed E-state index contributed by atoms with van der Waals surface area (Å²) in [5.41, 5.74) is 0.374. The lowest BCUT2D eigenvalue weighted by atomic mass is 10.2. The van der Waals surface area contributed by atoms with Crippen LogP contribution in [-0.4, -0.2) is 5.91 Å². The fourth-order valence-electron chi connectivity index (χ4n) is 1.39. The van der Waals surface area contributed by atoms with Gasteiger partial charge in [-0.25, -0.2) is 8.78 Å². The average Bonchev–Trinajstić information content (AvgIpc) is 2.33. The van der Waals surface area contributed by atoms with Crippen molar-refractivity contribution in [2.24, 2.45) is 0 Å². The molecule has 2 rings (SSSR count). The zero-order chi connectivity index (χ0) is 13.1. The van der Waals surface area contributed by atoms with Gasteiger partial charge in [0.25, 0.3) is 5.91 Å². The van der Waals surface area contributed by atoms with Crippen LogP contribution in [0.15, 0.2) is 42.5 Å². The molecule has 0 aromatic heterocycles. The molecule has 5 heteroatoms.